The molecule has 0 aliphatic carbocycles. The minimum Gasteiger partial charge on any atom is -0.354 e. The summed E-state index contributed by atoms with van der Waals surface area (Å²) in [7, 11) is 0. The van der Waals surface area contributed by atoms with Crippen LogP contribution in [-0.4, -0.2) is 31.7 Å². The molecule has 0 amide bonds. The SMILES string of the molecule is CCNc1ncc(Br)c(Sc2n[nH]c(C)n2)n1. The van der Waals surface area contributed by atoms with Crippen molar-refractivity contribution < 1.29 is 0 Å². The average molecular weight is 315 g/mol. The van der Waals surface area contributed by atoms with Crippen LogP contribution in [0.4, 0.5) is 5.95 Å². The second kappa shape index (κ2) is 5.46. The Bertz CT molecular complexity index is 514. The van der Waals surface area contributed by atoms with Crippen LogP contribution < -0.4 is 5.32 Å². The van der Waals surface area contributed by atoms with Crippen LogP contribution in [0.1, 0.15) is 12.7 Å². The Kier molecular flexibility index (Phi) is 3.95. The lowest BCUT2D eigenvalue weighted by molar-refractivity contribution is 0.953. The van der Waals surface area contributed by atoms with Gasteiger partial charge in [0.05, 0.1) is 4.47 Å². The number of halogens is 1. The van der Waals surface area contributed by atoms with Crippen LogP contribution in [0.2, 0.25) is 0 Å². The molecule has 2 aromatic heterocycles. The van der Waals surface area contributed by atoms with Gasteiger partial charge >= 0.3 is 0 Å². The third-order valence-electron chi connectivity index (χ3n) is 1.81. The summed E-state index contributed by atoms with van der Waals surface area (Å²) < 4.78 is 0.826. The molecule has 0 aromatic carbocycles. The minimum absolute atomic E-state index is 0.602. The number of aromatic amines is 1. The molecule has 0 saturated heterocycles. The van der Waals surface area contributed by atoms with Gasteiger partial charge in [-0.15, -0.1) is 5.10 Å². The third kappa shape index (κ3) is 3.16. The van der Waals surface area contributed by atoms with Crippen LogP contribution in [0, 0.1) is 6.92 Å². The molecule has 6 nitrogen and oxygen atoms in total. The summed E-state index contributed by atoms with van der Waals surface area (Å²) in [4.78, 5) is 12.7. The fraction of sp³-hybridized carbons (Fsp3) is 0.333. The van der Waals surface area contributed by atoms with Crippen LogP contribution >= 0.6 is 27.7 Å². The molecule has 17 heavy (non-hydrogen) atoms. The van der Waals surface area contributed by atoms with Crippen LogP contribution in [0.5, 0.6) is 0 Å². The van der Waals surface area contributed by atoms with E-state index in [2.05, 4.69) is 46.4 Å². The second-order valence-electron chi connectivity index (χ2n) is 3.18. The van der Waals surface area contributed by atoms with Gasteiger partial charge in [-0.25, -0.2) is 15.0 Å². The molecule has 2 heterocycles. The topological polar surface area (TPSA) is 79.4 Å². The Balaban J connectivity index is 2.22. The smallest absolute Gasteiger partial charge is 0.223 e. The summed E-state index contributed by atoms with van der Waals surface area (Å²) in [6.07, 6.45) is 1.72. The van der Waals surface area contributed by atoms with Gasteiger partial charge in [0.1, 0.15) is 10.9 Å². The molecule has 2 N–H and O–H groups in total. The third-order valence-corrected chi connectivity index (χ3v) is 3.52. The summed E-state index contributed by atoms with van der Waals surface area (Å²) >= 11 is 4.79. The van der Waals surface area contributed by atoms with Crippen molar-refractivity contribution >= 4 is 33.6 Å². The number of hydrogen-bond acceptors (Lipinski definition) is 6. The number of anilines is 1. The van der Waals surface area contributed by atoms with Crippen molar-refractivity contribution in [3.05, 3.63) is 16.5 Å². The maximum Gasteiger partial charge on any atom is 0.223 e. The lowest BCUT2D eigenvalue weighted by Crippen LogP contribution is -2.02. The Labute approximate surface area is 111 Å². The van der Waals surface area contributed by atoms with Gasteiger partial charge in [-0.05, 0) is 41.5 Å². The molecule has 0 bridgehead atoms. The Hall–Kier alpha value is -1.15. The van der Waals surface area contributed by atoms with E-state index in [0.29, 0.717) is 11.1 Å². The van der Waals surface area contributed by atoms with Gasteiger partial charge in [-0.1, -0.05) is 0 Å². The zero-order chi connectivity index (χ0) is 12.3. The van der Waals surface area contributed by atoms with Gasteiger partial charge in [0.25, 0.3) is 0 Å². The van der Waals surface area contributed by atoms with Crippen molar-refractivity contribution in [1.29, 1.82) is 0 Å². The largest absolute Gasteiger partial charge is 0.354 e. The molecule has 0 atom stereocenters. The highest BCUT2D eigenvalue weighted by Gasteiger charge is 2.09. The Morgan fingerprint density at radius 2 is 2.29 bits per heavy atom. The van der Waals surface area contributed by atoms with E-state index >= 15 is 0 Å². The molecule has 0 aliphatic rings. The summed E-state index contributed by atoms with van der Waals surface area (Å²) in [5.74, 6) is 1.38. The van der Waals surface area contributed by atoms with Crippen molar-refractivity contribution in [2.75, 3.05) is 11.9 Å². The first-order valence-corrected chi connectivity index (χ1v) is 6.63. The molecular weight excluding hydrogens is 304 g/mol. The Morgan fingerprint density at radius 3 is 2.94 bits per heavy atom. The molecule has 0 saturated carbocycles. The minimum atomic E-state index is 0.602. The van der Waals surface area contributed by atoms with Crippen LogP contribution in [0.15, 0.2) is 20.9 Å². The molecule has 2 rings (SSSR count). The highest BCUT2D eigenvalue weighted by Crippen LogP contribution is 2.29. The summed E-state index contributed by atoms with van der Waals surface area (Å²) in [6.45, 7) is 4.64. The van der Waals surface area contributed by atoms with Crippen LogP contribution in [0.3, 0.4) is 0 Å². The zero-order valence-corrected chi connectivity index (χ0v) is 11.8. The second-order valence-corrected chi connectivity index (χ2v) is 4.99. The quantitative estimate of drug-likeness (QED) is 0.843. The number of nitrogens with zero attached hydrogens (tertiary/aromatic N) is 4. The summed E-state index contributed by atoms with van der Waals surface area (Å²) in [5, 5.41) is 11.3. The van der Waals surface area contributed by atoms with E-state index in [1.807, 2.05) is 13.8 Å². The molecule has 2 aromatic rings. The maximum atomic E-state index is 4.37. The van der Waals surface area contributed by atoms with Crippen molar-refractivity contribution in [2.24, 2.45) is 0 Å². The van der Waals surface area contributed by atoms with E-state index in [0.717, 1.165) is 21.9 Å². The molecule has 0 radical (unpaired) electrons. The van der Waals surface area contributed by atoms with Gasteiger partial charge in [0.15, 0.2) is 0 Å². The predicted molar refractivity (Wildman–Crippen MR) is 69.1 cm³/mol. The lowest BCUT2D eigenvalue weighted by atomic mass is 10.6. The molecule has 0 aliphatic heterocycles. The van der Waals surface area contributed by atoms with Crippen LogP contribution in [0.25, 0.3) is 0 Å². The fourth-order valence-electron chi connectivity index (χ4n) is 1.12. The zero-order valence-electron chi connectivity index (χ0n) is 9.36. The van der Waals surface area contributed by atoms with E-state index in [4.69, 9.17) is 0 Å². The fourth-order valence-corrected chi connectivity index (χ4v) is 2.28. The van der Waals surface area contributed by atoms with E-state index < -0.39 is 0 Å². The standard InChI is InChI=1S/C9H11BrN6S/c1-3-11-8-12-4-6(10)7(14-8)17-9-13-5(2)15-16-9/h4H,3H2,1-2H3,(H,11,12,14)(H,13,15,16). The molecular formula is C9H11BrN6S. The summed E-state index contributed by atoms with van der Waals surface area (Å²) in [6, 6.07) is 0. The van der Waals surface area contributed by atoms with Gasteiger partial charge in [0, 0.05) is 12.7 Å². The van der Waals surface area contributed by atoms with Crippen molar-refractivity contribution in [3.63, 3.8) is 0 Å². The number of nitrogens with one attached hydrogen (secondary N) is 2. The molecule has 0 fully saturated rings. The number of H-pyrrole nitrogens is 1. The maximum absolute atomic E-state index is 4.37. The first-order valence-electron chi connectivity index (χ1n) is 5.02. The molecule has 0 spiro atoms. The first kappa shape index (κ1) is 12.3. The van der Waals surface area contributed by atoms with E-state index in [1.54, 1.807) is 6.20 Å². The highest BCUT2D eigenvalue weighted by atomic mass is 79.9. The monoisotopic (exact) mass is 314 g/mol. The van der Waals surface area contributed by atoms with Crippen molar-refractivity contribution in [1.82, 2.24) is 25.1 Å². The molecule has 8 heteroatoms. The van der Waals surface area contributed by atoms with Gasteiger partial charge < -0.3 is 5.32 Å². The number of aryl methyl sites for hydroxylation is 1. The number of aromatic nitrogens is 5. The van der Waals surface area contributed by atoms with Gasteiger partial charge in [0.2, 0.25) is 11.1 Å². The number of hydrogen-bond donors (Lipinski definition) is 2. The highest BCUT2D eigenvalue weighted by molar-refractivity contribution is 9.10. The number of rotatable bonds is 4. The predicted octanol–water partition coefficient (Wildman–Crippen LogP) is 2.25. The normalized spacial score (nSPS) is 10.5. The van der Waals surface area contributed by atoms with Gasteiger partial charge in [-0.2, -0.15) is 0 Å². The van der Waals surface area contributed by atoms with E-state index in [9.17, 15) is 0 Å². The first-order chi connectivity index (χ1) is 8.19. The van der Waals surface area contributed by atoms with E-state index in [1.165, 1.54) is 11.8 Å². The Morgan fingerprint density at radius 1 is 1.47 bits per heavy atom. The van der Waals surface area contributed by atoms with Gasteiger partial charge in [-0.3, -0.25) is 5.10 Å². The van der Waals surface area contributed by atoms with Crippen molar-refractivity contribution in [3.8, 4) is 0 Å². The lowest BCUT2D eigenvalue weighted by Gasteiger charge is -2.04. The van der Waals surface area contributed by atoms with Crippen molar-refractivity contribution in [2.45, 2.75) is 24.0 Å². The molecule has 0 unspecified atom stereocenters. The summed E-state index contributed by atoms with van der Waals surface area (Å²) in [5.41, 5.74) is 0. The van der Waals surface area contributed by atoms with E-state index in [-0.39, 0.29) is 0 Å². The van der Waals surface area contributed by atoms with Crippen LogP contribution in [-0.2, 0) is 0 Å². The molecule has 90 valence electrons. The average Bonchev–Trinajstić information content (AvgIpc) is 2.69.